The van der Waals surface area contributed by atoms with Crippen LogP contribution in [0.15, 0.2) is 12.1 Å². The molecule has 1 saturated heterocycles. The Morgan fingerprint density at radius 2 is 1.86 bits per heavy atom. The molecule has 2 fully saturated rings. The lowest BCUT2D eigenvalue weighted by Gasteiger charge is -2.35. The summed E-state index contributed by atoms with van der Waals surface area (Å²) in [6.07, 6.45) is -0.941. The molecule has 2 aromatic heterocycles. The third kappa shape index (κ3) is 3.98. The quantitative estimate of drug-likeness (QED) is 0.705. The van der Waals surface area contributed by atoms with Crippen LogP contribution in [-0.2, 0) is 4.79 Å². The molecule has 0 N–H and O–H groups in total. The topological polar surface area (TPSA) is 50.5 Å². The van der Waals surface area contributed by atoms with Crippen LogP contribution in [-0.4, -0.2) is 45.2 Å². The fraction of sp³-hybridized carbons (Fsp3) is 0.667. The van der Waals surface area contributed by atoms with E-state index in [9.17, 15) is 18.0 Å². The number of aryl methyl sites for hydroxylation is 1. The first-order valence-corrected chi connectivity index (χ1v) is 10.4. The molecule has 2 aliphatic rings. The summed E-state index contributed by atoms with van der Waals surface area (Å²) >= 11 is 0. The Kier molecular flexibility index (Phi) is 5.29. The lowest BCUT2D eigenvalue weighted by atomic mass is 9.80. The summed E-state index contributed by atoms with van der Waals surface area (Å²) in [5.74, 6) is -0.583. The number of carbonyl (C=O) groups excluding carboxylic acids is 1. The van der Waals surface area contributed by atoms with Gasteiger partial charge in [-0.3, -0.25) is 4.79 Å². The van der Waals surface area contributed by atoms with Crippen molar-refractivity contribution in [1.29, 1.82) is 0 Å². The largest absolute Gasteiger partial charge is 0.391 e. The highest BCUT2D eigenvalue weighted by Gasteiger charge is 2.42. The van der Waals surface area contributed by atoms with Crippen LogP contribution in [0.3, 0.4) is 0 Å². The number of nitrogens with zero attached hydrogens (tertiary/aromatic N) is 4. The van der Waals surface area contributed by atoms with Gasteiger partial charge in [0.2, 0.25) is 6.41 Å². The Morgan fingerprint density at radius 3 is 2.52 bits per heavy atom. The van der Waals surface area contributed by atoms with Crippen molar-refractivity contribution < 1.29 is 18.0 Å². The molecule has 3 heterocycles. The van der Waals surface area contributed by atoms with Crippen molar-refractivity contribution in [2.45, 2.75) is 64.0 Å². The van der Waals surface area contributed by atoms with E-state index in [-0.39, 0.29) is 24.7 Å². The van der Waals surface area contributed by atoms with Crippen LogP contribution < -0.4 is 0 Å². The lowest BCUT2D eigenvalue weighted by molar-refractivity contribution is -0.182. The fourth-order valence-electron chi connectivity index (χ4n) is 4.90. The minimum absolute atomic E-state index is 0.0405. The minimum Gasteiger partial charge on any atom is -0.345 e. The van der Waals surface area contributed by atoms with Gasteiger partial charge in [0.1, 0.15) is 0 Å². The number of piperidine rings is 1. The van der Waals surface area contributed by atoms with E-state index in [1.165, 1.54) is 0 Å². The highest BCUT2D eigenvalue weighted by atomic mass is 19.4. The fourth-order valence-corrected chi connectivity index (χ4v) is 4.90. The maximum Gasteiger partial charge on any atom is 0.391 e. The summed E-state index contributed by atoms with van der Waals surface area (Å²) in [5, 5.41) is 4.79. The van der Waals surface area contributed by atoms with E-state index in [2.05, 4.69) is 11.9 Å². The first-order chi connectivity index (χ1) is 13.8. The molecule has 0 spiro atoms. The summed E-state index contributed by atoms with van der Waals surface area (Å²) in [7, 11) is 0. The van der Waals surface area contributed by atoms with Crippen molar-refractivity contribution in [3.05, 3.63) is 29.2 Å². The molecule has 158 valence electrons. The van der Waals surface area contributed by atoms with Crippen molar-refractivity contribution in [1.82, 2.24) is 19.5 Å². The van der Waals surface area contributed by atoms with Crippen molar-refractivity contribution in [2.75, 3.05) is 13.1 Å². The van der Waals surface area contributed by atoms with E-state index in [1.54, 1.807) is 4.90 Å². The Hall–Kier alpha value is -2.12. The van der Waals surface area contributed by atoms with Gasteiger partial charge in [0.25, 0.3) is 0 Å². The van der Waals surface area contributed by atoms with Gasteiger partial charge in [-0.15, -0.1) is 0 Å². The van der Waals surface area contributed by atoms with E-state index >= 15 is 0 Å². The molecule has 1 aliphatic heterocycles. The van der Waals surface area contributed by atoms with Crippen LogP contribution >= 0.6 is 0 Å². The number of carbonyl (C=O) groups is 1. The average Bonchev–Trinajstić information content (AvgIpc) is 3.11. The molecule has 0 unspecified atom stereocenters. The Bertz CT molecular complexity index is 886. The van der Waals surface area contributed by atoms with Gasteiger partial charge in [-0.25, -0.2) is 9.50 Å². The molecule has 5 nitrogen and oxygen atoms in total. The van der Waals surface area contributed by atoms with Gasteiger partial charge in [-0.1, -0.05) is 6.92 Å². The Labute approximate surface area is 168 Å². The molecule has 1 saturated carbocycles. The molecule has 4 rings (SSSR count). The second-order valence-electron chi connectivity index (χ2n) is 8.72. The van der Waals surface area contributed by atoms with Crippen molar-refractivity contribution in [2.24, 2.45) is 11.8 Å². The number of rotatable bonds is 3. The molecule has 0 bridgehead atoms. The number of hydrogen-bond donors (Lipinski definition) is 0. The smallest absolute Gasteiger partial charge is 0.345 e. The molecule has 8 heteroatoms. The molecular formula is C21H27F3N4O. The van der Waals surface area contributed by atoms with Crippen LogP contribution in [0.2, 0.25) is 0 Å². The zero-order valence-electron chi connectivity index (χ0n) is 16.8. The number of likely N-dealkylation sites (tertiary alicyclic amines) is 1. The first-order valence-electron chi connectivity index (χ1n) is 10.4. The number of hydrogen-bond acceptors (Lipinski definition) is 3. The predicted octanol–water partition coefficient (Wildman–Crippen LogP) is 4.46. The SMILES string of the molecule is Cc1cc([C@H]2CN(C=O)CC[C@H]2C)n2nc(C3CCC(C(F)(F)F)CC3)cc2n1. The predicted molar refractivity (Wildman–Crippen MR) is 103 cm³/mol. The average molecular weight is 408 g/mol. The van der Waals surface area contributed by atoms with E-state index in [1.807, 2.05) is 23.6 Å². The number of halogens is 3. The van der Waals surface area contributed by atoms with Gasteiger partial charge in [0.05, 0.1) is 17.3 Å². The van der Waals surface area contributed by atoms with Crippen LogP contribution in [0.1, 0.15) is 67.9 Å². The van der Waals surface area contributed by atoms with Crippen LogP contribution in [0.5, 0.6) is 0 Å². The van der Waals surface area contributed by atoms with Crippen LogP contribution in [0.25, 0.3) is 5.65 Å². The van der Waals surface area contributed by atoms with Gasteiger partial charge in [0, 0.05) is 36.7 Å². The number of amides is 1. The maximum atomic E-state index is 13.0. The van der Waals surface area contributed by atoms with E-state index in [4.69, 9.17) is 5.10 Å². The van der Waals surface area contributed by atoms with E-state index in [0.29, 0.717) is 25.3 Å². The molecule has 29 heavy (non-hydrogen) atoms. The van der Waals surface area contributed by atoms with E-state index in [0.717, 1.165) is 42.1 Å². The maximum absolute atomic E-state index is 13.0. The van der Waals surface area contributed by atoms with Gasteiger partial charge in [-0.2, -0.15) is 18.3 Å². The second kappa shape index (κ2) is 7.61. The molecule has 1 amide bonds. The van der Waals surface area contributed by atoms with Crippen molar-refractivity contribution in [3.8, 4) is 0 Å². The third-order valence-corrected chi connectivity index (χ3v) is 6.73. The van der Waals surface area contributed by atoms with Crippen molar-refractivity contribution >= 4 is 12.1 Å². The second-order valence-corrected chi connectivity index (χ2v) is 8.72. The van der Waals surface area contributed by atoms with Crippen LogP contribution in [0.4, 0.5) is 13.2 Å². The van der Waals surface area contributed by atoms with Crippen LogP contribution in [0, 0.1) is 18.8 Å². The molecule has 2 aromatic rings. The summed E-state index contributed by atoms with van der Waals surface area (Å²) < 4.78 is 40.8. The number of aromatic nitrogens is 3. The summed E-state index contributed by atoms with van der Waals surface area (Å²) in [6.45, 7) is 5.54. The summed E-state index contributed by atoms with van der Waals surface area (Å²) in [4.78, 5) is 17.7. The Morgan fingerprint density at radius 1 is 1.14 bits per heavy atom. The lowest BCUT2D eigenvalue weighted by Crippen LogP contribution is -2.38. The van der Waals surface area contributed by atoms with Gasteiger partial charge < -0.3 is 4.90 Å². The summed E-state index contributed by atoms with van der Waals surface area (Å²) in [5.41, 5.74) is 3.49. The first kappa shape index (κ1) is 20.2. The third-order valence-electron chi connectivity index (χ3n) is 6.73. The zero-order valence-corrected chi connectivity index (χ0v) is 16.8. The molecule has 0 radical (unpaired) electrons. The number of fused-ring (bicyclic) bond motifs is 1. The summed E-state index contributed by atoms with van der Waals surface area (Å²) in [6, 6.07) is 3.96. The normalized spacial score (nSPS) is 28.7. The molecule has 2 atom stereocenters. The van der Waals surface area contributed by atoms with Crippen molar-refractivity contribution in [3.63, 3.8) is 0 Å². The molecule has 0 aromatic carbocycles. The standard InChI is InChI=1S/C21H27F3N4O/c1-13-7-8-27(12-29)11-17(13)19-9-14(2)25-20-10-18(26-28(19)20)15-3-5-16(6-4-15)21(22,23)24/h9-10,12-13,15-17H,3-8,11H2,1-2H3/t13-,15?,16?,17+/m1/s1. The zero-order chi connectivity index (χ0) is 20.8. The van der Waals surface area contributed by atoms with E-state index < -0.39 is 12.1 Å². The monoisotopic (exact) mass is 408 g/mol. The molecular weight excluding hydrogens is 381 g/mol. The minimum atomic E-state index is -4.10. The highest BCUT2D eigenvalue weighted by Crippen LogP contribution is 2.43. The highest BCUT2D eigenvalue weighted by molar-refractivity contribution is 5.48. The van der Waals surface area contributed by atoms with Gasteiger partial charge in [-0.05, 0) is 51.0 Å². The Balaban J connectivity index is 1.63. The van der Waals surface area contributed by atoms with Gasteiger partial charge in [0.15, 0.2) is 5.65 Å². The molecule has 1 aliphatic carbocycles. The number of alkyl halides is 3. The van der Waals surface area contributed by atoms with Gasteiger partial charge >= 0.3 is 6.18 Å².